The first-order chi connectivity index (χ1) is 9.45. The molecule has 6 heteroatoms. The minimum Gasteiger partial charge on any atom is -0.466 e. The highest BCUT2D eigenvalue weighted by molar-refractivity contribution is 5.82. The summed E-state index contributed by atoms with van der Waals surface area (Å²) in [6.45, 7) is 3.29. The summed E-state index contributed by atoms with van der Waals surface area (Å²) in [5, 5.41) is 15.4. The van der Waals surface area contributed by atoms with E-state index in [1.165, 1.54) is 6.92 Å². The van der Waals surface area contributed by atoms with Crippen LogP contribution in [0.5, 0.6) is 0 Å². The molecular formula is C14H18N2O4. The van der Waals surface area contributed by atoms with Gasteiger partial charge in [-0.05, 0) is 19.4 Å². The maximum absolute atomic E-state index is 12.1. The van der Waals surface area contributed by atoms with Crippen molar-refractivity contribution < 1.29 is 19.4 Å². The maximum atomic E-state index is 12.1. The van der Waals surface area contributed by atoms with E-state index in [9.17, 15) is 14.7 Å². The van der Waals surface area contributed by atoms with E-state index in [4.69, 9.17) is 4.74 Å². The van der Waals surface area contributed by atoms with Gasteiger partial charge >= 0.3 is 12.0 Å². The second-order valence-electron chi connectivity index (χ2n) is 4.86. The topological polar surface area (TPSA) is 87.7 Å². The molecule has 3 atom stereocenters. The van der Waals surface area contributed by atoms with E-state index in [0.29, 0.717) is 0 Å². The van der Waals surface area contributed by atoms with E-state index in [0.717, 1.165) is 5.56 Å². The number of hydrogen-bond donors (Lipinski definition) is 3. The van der Waals surface area contributed by atoms with E-state index in [2.05, 4.69) is 10.6 Å². The molecule has 1 saturated heterocycles. The van der Waals surface area contributed by atoms with E-state index in [-0.39, 0.29) is 6.61 Å². The normalized spacial score (nSPS) is 29.2. The lowest BCUT2D eigenvalue weighted by molar-refractivity contribution is -0.162. The van der Waals surface area contributed by atoms with Crippen molar-refractivity contribution in [3.05, 3.63) is 35.9 Å². The van der Waals surface area contributed by atoms with Crippen LogP contribution in [0.15, 0.2) is 30.3 Å². The highest BCUT2D eigenvalue weighted by Gasteiger charge is 2.49. The van der Waals surface area contributed by atoms with Gasteiger partial charge in [0, 0.05) is 0 Å². The third-order valence-corrected chi connectivity index (χ3v) is 3.29. The number of rotatable bonds is 3. The Kier molecular flexibility index (Phi) is 3.94. The van der Waals surface area contributed by atoms with Crippen LogP contribution in [-0.4, -0.2) is 29.4 Å². The van der Waals surface area contributed by atoms with Crippen molar-refractivity contribution in [2.75, 3.05) is 6.61 Å². The Morgan fingerprint density at radius 2 is 2.05 bits per heavy atom. The summed E-state index contributed by atoms with van der Waals surface area (Å²) in [5.74, 6) is -1.48. The van der Waals surface area contributed by atoms with Crippen molar-refractivity contribution in [2.45, 2.75) is 25.6 Å². The standard InChI is InChI=1S/C14H18N2O4/c1-3-20-12(17)10-11(9-7-5-4-6-8-9)15-13(18)16-14(10,2)19/h4-8,10-11,19H,3H2,1-2H3,(H2,15,16,18)/t10-,11+,14+/m0/s1. The summed E-state index contributed by atoms with van der Waals surface area (Å²) in [7, 11) is 0. The molecule has 0 radical (unpaired) electrons. The number of aliphatic hydroxyl groups is 1. The Bertz CT molecular complexity index is 501. The zero-order chi connectivity index (χ0) is 14.8. The van der Waals surface area contributed by atoms with Gasteiger partial charge in [0.1, 0.15) is 5.92 Å². The number of nitrogens with one attached hydrogen (secondary N) is 2. The molecule has 0 aliphatic carbocycles. The molecule has 1 heterocycles. The van der Waals surface area contributed by atoms with Crippen LogP contribution >= 0.6 is 0 Å². The van der Waals surface area contributed by atoms with Crippen molar-refractivity contribution in [1.29, 1.82) is 0 Å². The van der Waals surface area contributed by atoms with Crippen LogP contribution in [0.1, 0.15) is 25.5 Å². The molecule has 3 N–H and O–H groups in total. The lowest BCUT2D eigenvalue weighted by Crippen LogP contribution is -2.65. The molecule has 1 aromatic rings. The van der Waals surface area contributed by atoms with Crippen LogP contribution in [0.25, 0.3) is 0 Å². The molecular weight excluding hydrogens is 260 g/mol. The number of benzene rings is 1. The average Bonchev–Trinajstić information content (AvgIpc) is 2.37. The van der Waals surface area contributed by atoms with E-state index in [1.807, 2.05) is 6.07 Å². The van der Waals surface area contributed by atoms with Crippen molar-refractivity contribution in [3.8, 4) is 0 Å². The van der Waals surface area contributed by atoms with E-state index in [1.54, 1.807) is 31.2 Å². The number of carbonyl (C=O) groups is 2. The van der Waals surface area contributed by atoms with Crippen molar-refractivity contribution in [3.63, 3.8) is 0 Å². The summed E-state index contributed by atoms with van der Waals surface area (Å²) in [6.07, 6.45) is 0. The summed E-state index contributed by atoms with van der Waals surface area (Å²) >= 11 is 0. The molecule has 20 heavy (non-hydrogen) atoms. The van der Waals surface area contributed by atoms with Crippen molar-refractivity contribution >= 4 is 12.0 Å². The number of hydrogen-bond acceptors (Lipinski definition) is 4. The SMILES string of the molecule is CCOC(=O)[C@@H]1[C@@H](c2ccccc2)NC(=O)N[C@]1(C)O. The first kappa shape index (κ1) is 14.3. The van der Waals surface area contributed by atoms with E-state index >= 15 is 0 Å². The molecule has 1 fully saturated rings. The second-order valence-corrected chi connectivity index (χ2v) is 4.86. The van der Waals surface area contributed by atoms with Crippen molar-refractivity contribution in [1.82, 2.24) is 10.6 Å². The smallest absolute Gasteiger partial charge is 0.317 e. The number of esters is 1. The van der Waals surface area contributed by atoms with Crippen LogP contribution in [-0.2, 0) is 9.53 Å². The molecule has 0 bridgehead atoms. The third-order valence-electron chi connectivity index (χ3n) is 3.29. The van der Waals surface area contributed by atoms with Crippen LogP contribution in [0, 0.1) is 5.92 Å². The van der Waals surface area contributed by atoms with Gasteiger partial charge in [0.2, 0.25) is 0 Å². The van der Waals surface area contributed by atoms with Gasteiger partial charge in [-0.25, -0.2) is 4.79 Å². The molecule has 1 aromatic carbocycles. The maximum Gasteiger partial charge on any atom is 0.317 e. The predicted molar refractivity (Wildman–Crippen MR) is 71.6 cm³/mol. The highest BCUT2D eigenvalue weighted by atomic mass is 16.5. The Morgan fingerprint density at radius 3 is 2.65 bits per heavy atom. The molecule has 108 valence electrons. The molecule has 0 aromatic heterocycles. The average molecular weight is 278 g/mol. The van der Waals surface area contributed by atoms with Crippen LogP contribution in [0.2, 0.25) is 0 Å². The molecule has 0 saturated carbocycles. The van der Waals surface area contributed by atoms with Gasteiger partial charge < -0.3 is 20.5 Å². The van der Waals surface area contributed by atoms with Gasteiger partial charge in [0.05, 0.1) is 12.6 Å². The van der Waals surface area contributed by atoms with Gasteiger partial charge in [-0.15, -0.1) is 0 Å². The summed E-state index contributed by atoms with van der Waals surface area (Å²) in [4.78, 5) is 23.8. The fourth-order valence-electron chi connectivity index (χ4n) is 2.43. The van der Waals surface area contributed by atoms with Crippen LogP contribution < -0.4 is 10.6 Å². The van der Waals surface area contributed by atoms with Gasteiger partial charge in [-0.2, -0.15) is 0 Å². The first-order valence-corrected chi connectivity index (χ1v) is 6.48. The number of urea groups is 1. The predicted octanol–water partition coefficient (Wildman–Crippen LogP) is 0.928. The lowest BCUT2D eigenvalue weighted by Gasteiger charge is -2.41. The second kappa shape index (κ2) is 5.50. The summed E-state index contributed by atoms with van der Waals surface area (Å²) in [6, 6.07) is 7.87. The molecule has 6 nitrogen and oxygen atoms in total. The van der Waals surface area contributed by atoms with Crippen LogP contribution in [0.4, 0.5) is 4.79 Å². The van der Waals surface area contributed by atoms with Gasteiger partial charge in [0.15, 0.2) is 5.72 Å². The monoisotopic (exact) mass is 278 g/mol. The fourth-order valence-corrected chi connectivity index (χ4v) is 2.43. The number of amides is 2. The molecule has 2 rings (SSSR count). The molecule has 2 amide bonds. The zero-order valence-electron chi connectivity index (χ0n) is 11.4. The third kappa shape index (κ3) is 2.75. The summed E-state index contributed by atoms with van der Waals surface area (Å²) in [5.41, 5.74) is -0.935. The largest absolute Gasteiger partial charge is 0.466 e. The lowest BCUT2D eigenvalue weighted by atomic mass is 9.83. The quantitative estimate of drug-likeness (QED) is 0.718. The van der Waals surface area contributed by atoms with Crippen LogP contribution in [0.3, 0.4) is 0 Å². The zero-order valence-corrected chi connectivity index (χ0v) is 11.4. The minimum atomic E-state index is -1.67. The Labute approximate surface area is 117 Å². The van der Waals surface area contributed by atoms with Gasteiger partial charge in [0.25, 0.3) is 0 Å². The molecule has 1 aliphatic heterocycles. The fraction of sp³-hybridized carbons (Fsp3) is 0.429. The Hall–Kier alpha value is -2.08. The number of ether oxygens (including phenoxy) is 1. The summed E-state index contributed by atoms with van der Waals surface area (Å²) < 4.78 is 5.01. The van der Waals surface area contributed by atoms with Gasteiger partial charge in [-0.1, -0.05) is 30.3 Å². The van der Waals surface area contributed by atoms with Crippen molar-refractivity contribution in [2.24, 2.45) is 5.92 Å². The van der Waals surface area contributed by atoms with E-state index < -0.39 is 29.7 Å². The molecule has 0 unspecified atom stereocenters. The highest BCUT2D eigenvalue weighted by Crippen LogP contribution is 2.33. The molecule has 1 aliphatic rings. The Morgan fingerprint density at radius 1 is 1.40 bits per heavy atom. The number of carbonyl (C=O) groups excluding carboxylic acids is 2. The first-order valence-electron chi connectivity index (χ1n) is 6.48. The Balaban J connectivity index is 2.39. The molecule has 0 spiro atoms. The minimum absolute atomic E-state index is 0.209. The van der Waals surface area contributed by atoms with Gasteiger partial charge in [-0.3, -0.25) is 4.79 Å².